The summed E-state index contributed by atoms with van der Waals surface area (Å²) >= 11 is 0. The monoisotopic (exact) mass is 319 g/mol. The summed E-state index contributed by atoms with van der Waals surface area (Å²) in [5.74, 6) is -1.40. The summed E-state index contributed by atoms with van der Waals surface area (Å²) in [6, 6.07) is 2.41. The van der Waals surface area contributed by atoms with Gasteiger partial charge in [0.1, 0.15) is 11.7 Å². The first-order chi connectivity index (χ1) is 10.8. The van der Waals surface area contributed by atoms with Crippen LogP contribution in [0.25, 0.3) is 0 Å². The third-order valence-corrected chi connectivity index (χ3v) is 3.55. The first kappa shape index (κ1) is 16.7. The highest BCUT2D eigenvalue weighted by atomic mass is 16.4. The summed E-state index contributed by atoms with van der Waals surface area (Å²) in [6.07, 6.45) is 1.42. The molecule has 0 aliphatic carbocycles. The third-order valence-electron chi connectivity index (χ3n) is 3.55. The molecule has 0 bridgehead atoms. The van der Waals surface area contributed by atoms with Crippen LogP contribution in [0.15, 0.2) is 18.3 Å². The zero-order chi connectivity index (χ0) is 17.1. The minimum absolute atomic E-state index is 0.163. The van der Waals surface area contributed by atoms with Crippen molar-refractivity contribution in [1.29, 1.82) is 0 Å². The highest BCUT2D eigenvalue weighted by Gasteiger charge is 2.22. The lowest BCUT2D eigenvalue weighted by molar-refractivity contribution is -0.140. The smallest absolute Gasteiger partial charge is 0.328 e. The van der Waals surface area contributed by atoms with Gasteiger partial charge in [0, 0.05) is 17.9 Å². The molecular weight excluding hydrogens is 298 g/mol. The summed E-state index contributed by atoms with van der Waals surface area (Å²) in [4.78, 5) is 23.4. The predicted molar refractivity (Wildman–Crippen MR) is 83.2 cm³/mol. The summed E-state index contributed by atoms with van der Waals surface area (Å²) in [7, 11) is 0. The summed E-state index contributed by atoms with van der Waals surface area (Å²) in [6.45, 7) is 7.76. The van der Waals surface area contributed by atoms with Crippen molar-refractivity contribution in [1.82, 2.24) is 24.9 Å². The molecule has 0 aliphatic heterocycles. The molecule has 8 heteroatoms. The number of hydrogen-bond donors (Lipinski definition) is 2. The van der Waals surface area contributed by atoms with Crippen LogP contribution in [-0.2, 0) is 11.3 Å². The number of carbonyl (C=O) groups excluding carboxylic acids is 1. The molecule has 0 fully saturated rings. The van der Waals surface area contributed by atoms with Gasteiger partial charge < -0.3 is 10.4 Å². The van der Waals surface area contributed by atoms with Crippen LogP contribution >= 0.6 is 0 Å². The van der Waals surface area contributed by atoms with Gasteiger partial charge in [-0.15, -0.1) is 0 Å². The minimum atomic E-state index is -1.04. The Bertz CT molecular complexity index is 719. The van der Waals surface area contributed by atoms with Crippen molar-refractivity contribution in [2.75, 3.05) is 0 Å². The number of carbonyl (C=O) groups is 2. The Morgan fingerprint density at radius 3 is 2.61 bits per heavy atom. The maximum atomic E-state index is 12.3. The van der Waals surface area contributed by atoms with E-state index in [4.69, 9.17) is 5.11 Å². The van der Waals surface area contributed by atoms with Gasteiger partial charge in [-0.05, 0) is 39.8 Å². The summed E-state index contributed by atoms with van der Waals surface area (Å²) in [5.41, 5.74) is 2.17. The summed E-state index contributed by atoms with van der Waals surface area (Å²) in [5, 5.41) is 20.2. The van der Waals surface area contributed by atoms with E-state index >= 15 is 0 Å². The number of nitrogens with zero attached hydrogens (tertiary/aromatic N) is 4. The van der Waals surface area contributed by atoms with E-state index in [-0.39, 0.29) is 17.6 Å². The van der Waals surface area contributed by atoms with Crippen molar-refractivity contribution in [2.24, 2.45) is 0 Å². The zero-order valence-corrected chi connectivity index (χ0v) is 13.6. The molecule has 0 spiro atoms. The van der Waals surface area contributed by atoms with Gasteiger partial charge in [-0.1, -0.05) is 0 Å². The van der Waals surface area contributed by atoms with Crippen molar-refractivity contribution in [2.45, 2.75) is 46.3 Å². The van der Waals surface area contributed by atoms with Gasteiger partial charge in [0.05, 0.1) is 12.2 Å². The third kappa shape index (κ3) is 3.77. The van der Waals surface area contributed by atoms with Crippen molar-refractivity contribution in [3.63, 3.8) is 0 Å². The molecule has 0 aromatic carbocycles. The van der Waals surface area contributed by atoms with E-state index in [1.54, 1.807) is 0 Å². The van der Waals surface area contributed by atoms with Gasteiger partial charge in [-0.25, -0.2) is 9.48 Å². The second-order valence-corrected chi connectivity index (χ2v) is 5.66. The Hall–Kier alpha value is -2.64. The highest BCUT2D eigenvalue weighted by molar-refractivity contribution is 5.93. The van der Waals surface area contributed by atoms with Crippen LogP contribution < -0.4 is 5.32 Å². The van der Waals surface area contributed by atoms with Crippen LogP contribution in [0.2, 0.25) is 0 Å². The van der Waals surface area contributed by atoms with Gasteiger partial charge >= 0.3 is 5.97 Å². The number of nitrogens with one attached hydrogen (secondary N) is 1. The quantitative estimate of drug-likeness (QED) is 0.832. The Labute approximate surface area is 134 Å². The SMILES string of the molecule is Cc1cc(C)n(CC(C)NC(=O)c2ccnn2C(C)C(=O)O)n1. The van der Waals surface area contributed by atoms with E-state index in [1.165, 1.54) is 23.9 Å². The topological polar surface area (TPSA) is 102 Å². The number of carboxylic acids is 1. The molecule has 0 radical (unpaired) electrons. The standard InChI is InChI=1S/C15H21N5O3/c1-9-7-11(3)19(18-9)8-10(2)17-14(21)13-5-6-16-20(13)12(4)15(22)23/h5-7,10,12H,8H2,1-4H3,(H,17,21)(H,22,23). The van der Waals surface area contributed by atoms with Crippen molar-refractivity contribution in [3.8, 4) is 0 Å². The molecule has 2 N–H and O–H groups in total. The molecule has 0 saturated carbocycles. The van der Waals surface area contributed by atoms with Gasteiger partial charge in [-0.2, -0.15) is 10.2 Å². The molecule has 2 unspecified atom stereocenters. The van der Waals surface area contributed by atoms with Gasteiger partial charge in [-0.3, -0.25) is 9.48 Å². The highest BCUT2D eigenvalue weighted by Crippen LogP contribution is 2.10. The molecule has 0 aliphatic rings. The summed E-state index contributed by atoms with van der Waals surface area (Å²) < 4.78 is 3.03. The molecular formula is C15H21N5O3. The van der Waals surface area contributed by atoms with Crippen molar-refractivity contribution >= 4 is 11.9 Å². The average molecular weight is 319 g/mol. The number of aliphatic carboxylic acids is 1. The lowest BCUT2D eigenvalue weighted by atomic mass is 10.2. The lowest BCUT2D eigenvalue weighted by Gasteiger charge is -2.16. The van der Waals surface area contributed by atoms with Crippen LogP contribution in [0, 0.1) is 13.8 Å². The van der Waals surface area contributed by atoms with E-state index in [0.717, 1.165) is 11.4 Å². The van der Waals surface area contributed by atoms with E-state index in [2.05, 4.69) is 15.5 Å². The number of aryl methyl sites for hydroxylation is 2. The fourth-order valence-electron chi connectivity index (χ4n) is 2.37. The Morgan fingerprint density at radius 1 is 1.35 bits per heavy atom. The molecule has 2 atom stereocenters. The largest absolute Gasteiger partial charge is 0.480 e. The van der Waals surface area contributed by atoms with Crippen molar-refractivity contribution in [3.05, 3.63) is 35.4 Å². The van der Waals surface area contributed by atoms with E-state index < -0.39 is 12.0 Å². The second kappa shape index (κ2) is 6.64. The zero-order valence-electron chi connectivity index (χ0n) is 13.6. The van der Waals surface area contributed by atoms with Gasteiger partial charge in [0.25, 0.3) is 5.91 Å². The molecule has 1 amide bonds. The molecule has 2 aromatic heterocycles. The number of amides is 1. The van der Waals surface area contributed by atoms with Crippen LogP contribution in [0.1, 0.15) is 41.8 Å². The predicted octanol–water partition coefficient (Wildman–Crippen LogP) is 1.16. The molecule has 23 heavy (non-hydrogen) atoms. The maximum absolute atomic E-state index is 12.3. The number of hydrogen-bond acceptors (Lipinski definition) is 4. The molecule has 2 rings (SSSR count). The first-order valence-corrected chi connectivity index (χ1v) is 7.37. The Balaban J connectivity index is 2.06. The molecule has 0 saturated heterocycles. The van der Waals surface area contributed by atoms with E-state index in [9.17, 15) is 9.59 Å². The molecule has 124 valence electrons. The minimum Gasteiger partial charge on any atom is -0.480 e. The van der Waals surface area contributed by atoms with Crippen LogP contribution in [-0.4, -0.2) is 42.6 Å². The maximum Gasteiger partial charge on any atom is 0.328 e. The first-order valence-electron chi connectivity index (χ1n) is 7.37. The Morgan fingerprint density at radius 2 is 2.04 bits per heavy atom. The fraction of sp³-hybridized carbons (Fsp3) is 0.467. The van der Waals surface area contributed by atoms with E-state index in [0.29, 0.717) is 6.54 Å². The van der Waals surface area contributed by atoms with Crippen molar-refractivity contribution < 1.29 is 14.7 Å². The van der Waals surface area contributed by atoms with Gasteiger partial charge in [0.15, 0.2) is 0 Å². The normalized spacial score (nSPS) is 13.6. The van der Waals surface area contributed by atoms with Crippen LogP contribution in [0.4, 0.5) is 0 Å². The van der Waals surface area contributed by atoms with Crippen LogP contribution in [0.3, 0.4) is 0 Å². The second-order valence-electron chi connectivity index (χ2n) is 5.66. The fourth-order valence-corrected chi connectivity index (χ4v) is 2.37. The number of carboxylic acid groups (broad SMARTS) is 1. The van der Waals surface area contributed by atoms with E-state index in [1.807, 2.05) is 31.5 Å². The number of aromatic nitrogens is 4. The Kier molecular flexibility index (Phi) is 4.83. The average Bonchev–Trinajstić information content (AvgIpc) is 3.05. The molecule has 2 heterocycles. The van der Waals surface area contributed by atoms with Gasteiger partial charge in [0.2, 0.25) is 0 Å². The molecule has 2 aromatic rings. The lowest BCUT2D eigenvalue weighted by Crippen LogP contribution is -2.38. The molecule has 8 nitrogen and oxygen atoms in total. The number of rotatable bonds is 6. The van der Waals surface area contributed by atoms with Crippen LogP contribution in [0.5, 0.6) is 0 Å².